The molecule has 1 heterocycles. The van der Waals surface area contributed by atoms with Crippen molar-refractivity contribution >= 4 is 47.3 Å². The summed E-state index contributed by atoms with van der Waals surface area (Å²) < 4.78 is 0. The quantitative estimate of drug-likeness (QED) is 0.198. The molecular formula is C21H24N4O10. The summed E-state index contributed by atoms with van der Waals surface area (Å²) in [6.07, 6.45) is 1.81. The number of benzene rings is 1. The van der Waals surface area contributed by atoms with Crippen LogP contribution >= 0.6 is 0 Å². The molecule has 5 amide bonds. The summed E-state index contributed by atoms with van der Waals surface area (Å²) in [6, 6.07) is 1.22. The number of aryl methyl sites for hydroxylation is 3. The van der Waals surface area contributed by atoms with Crippen molar-refractivity contribution in [1.82, 2.24) is 15.5 Å². The topological polar surface area (TPSA) is 220 Å². The molecular weight excluding hydrogens is 468 g/mol. The van der Waals surface area contributed by atoms with Crippen molar-refractivity contribution in [3.8, 4) is 0 Å². The Labute approximate surface area is 198 Å². The van der Waals surface area contributed by atoms with Crippen molar-refractivity contribution in [3.05, 3.63) is 41.0 Å². The van der Waals surface area contributed by atoms with Gasteiger partial charge in [0.2, 0.25) is 5.91 Å². The number of amides is 5. The highest BCUT2D eigenvalue weighted by Gasteiger charge is 2.40. The van der Waals surface area contributed by atoms with Crippen molar-refractivity contribution in [2.75, 3.05) is 18.4 Å². The van der Waals surface area contributed by atoms with Crippen LogP contribution in [0.25, 0.3) is 0 Å². The summed E-state index contributed by atoms with van der Waals surface area (Å²) in [4.78, 5) is 77.0. The Balaban J connectivity index is 0.000000351. The number of aliphatic carboxylic acids is 3. The van der Waals surface area contributed by atoms with E-state index in [-0.39, 0.29) is 0 Å². The third kappa shape index (κ3) is 9.43. The molecule has 6 N–H and O–H groups in total. The first-order valence-corrected chi connectivity index (χ1v) is 9.84. The largest absolute Gasteiger partial charge is 0.480 e. The molecule has 0 radical (unpaired) electrons. The van der Waals surface area contributed by atoms with Crippen molar-refractivity contribution in [2.24, 2.45) is 0 Å². The molecule has 1 aromatic carbocycles. The summed E-state index contributed by atoms with van der Waals surface area (Å²) in [7, 11) is 0. The molecule has 1 fully saturated rings. The maximum Gasteiger partial charge on any atom is 0.328 e. The fourth-order valence-corrected chi connectivity index (χ4v) is 3.12. The van der Waals surface area contributed by atoms with E-state index in [0.717, 1.165) is 34.5 Å². The van der Waals surface area contributed by atoms with Gasteiger partial charge in [0.05, 0.1) is 13.1 Å². The van der Waals surface area contributed by atoms with Crippen LogP contribution in [0.1, 0.15) is 16.7 Å². The molecule has 14 heteroatoms. The Morgan fingerprint density at radius 1 is 0.886 bits per heavy atom. The van der Waals surface area contributed by atoms with E-state index < -0.39 is 60.8 Å². The molecule has 35 heavy (non-hydrogen) atoms. The molecule has 1 aromatic rings. The standard InChI is InChI=1S/C13H15NO3.C8H9N3O7/c1-8-6-9(2)13(10(3)7-8)14-11(15)4-5-12(16)17;12-3(13)1-11(2-4(14)15)5-6(16)9-8(18)10-7(5)17/h4-7H,1-3H3,(H,14,15)(H,16,17);5H,1-2H2,(H,12,13)(H,14,15)(H2,9,10,16,17,18)/b5-4-;. The van der Waals surface area contributed by atoms with Crippen LogP contribution in [0.2, 0.25) is 0 Å². The van der Waals surface area contributed by atoms with Crippen molar-refractivity contribution in [1.29, 1.82) is 0 Å². The molecule has 0 aromatic heterocycles. The molecule has 0 spiro atoms. The van der Waals surface area contributed by atoms with Gasteiger partial charge in [0, 0.05) is 17.8 Å². The van der Waals surface area contributed by atoms with Gasteiger partial charge in [0.1, 0.15) is 0 Å². The lowest BCUT2D eigenvalue weighted by Crippen LogP contribution is -2.65. The van der Waals surface area contributed by atoms with E-state index in [1.54, 1.807) is 10.6 Å². The van der Waals surface area contributed by atoms with E-state index >= 15 is 0 Å². The zero-order valence-electron chi connectivity index (χ0n) is 18.9. The van der Waals surface area contributed by atoms with Crippen molar-refractivity contribution in [3.63, 3.8) is 0 Å². The van der Waals surface area contributed by atoms with Gasteiger partial charge in [-0.1, -0.05) is 17.7 Å². The minimum absolute atomic E-state index is 0.442. The second kappa shape index (κ2) is 12.6. The lowest BCUT2D eigenvalue weighted by atomic mass is 10.1. The maximum atomic E-state index is 11.4. The second-order valence-corrected chi connectivity index (χ2v) is 7.34. The van der Waals surface area contributed by atoms with Gasteiger partial charge in [-0.05, 0) is 31.9 Å². The van der Waals surface area contributed by atoms with Gasteiger partial charge in [-0.3, -0.25) is 39.5 Å². The summed E-state index contributed by atoms with van der Waals surface area (Å²) in [6.45, 7) is 4.13. The predicted molar refractivity (Wildman–Crippen MR) is 118 cm³/mol. The lowest BCUT2D eigenvalue weighted by molar-refractivity contribution is -0.147. The lowest BCUT2D eigenvalue weighted by Gasteiger charge is -2.29. The van der Waals surface area contributed by atoms with Crippen molar-refractivity contribution < 1.29 is 48.9 Å². The van der Waals surface area contributed by atoms with E-state index in [9.17, 15) is 33.6 Å². The number of rotatable bonds is 8. The Morgan fingerprint density at radius 2 is 1.34 bits per heavy atom. The zero-order valence-corrected chi connectivity index (χ0v) is 18.9. The van der Waals surface area contributed by atoms with Gasteiger partial charge >= 0.3 is 23.9 Å². The monoisotopic (exact) mass is 492 g/mol. The number of anilines is 1. The highest BCUT2D eigenvalue weighted by Crippen LogP contribution is 2.21. The smallest absolute Gasteiger partial charge is 0.328 e. The van der Waals surface area contributed by atoms with Gasteiger partial charge in [-0.2, -0.15) is 0 Å². The first-order valence-electron chi connectivity index (χ1n) is 9.84. The summed E-state index contributed by atoms with van der Waals surface area (Å²) in [5.74, 6) is -6.53. The molecule has 0 bridgehead atoms. The Bertz CT molecular complexity index is 1040. The number of carboxylic acid groups (broad SMARTS) is 3. The maximum absolute atomic E-state index is 11.4. The summed E-state index contributed by atoms with van der Waals surface area (Å²) >= 11 is 0. The number of urea groups is 1. The second-order valence-electron chi connectivity index (χ2n) is 7.34. The van der Waals surface area contributed by atoms with Gasteiger partial charge in [0.15, 0.2) is 6.04 Å². The Hall–Kier alpha value is -4.59. The number of nitrogens with zero attached hydrogens (tertiary/aromatic N) is 1. The first-order chi connectivity index (χ1) is 16.2. The fraction of sp³-hybridized carbons (Fsp3) is 0.286. The Kier molecular flexibility index (Phi) is 10.2. The number of carbonyl (C=O) groups is 7. The average molecular weight is 492 g/mol. The number of imide groups is 2. The molecule has 0 saturated carbocycles. The van der Waals surface area contributed by atoms with E-state index in [2.05, 4.69) is 5.32 Å². The number of carboxylic acids is 3. The van der Waals surface area contributed by atoms with Gasteiger partial charge < -0.3 is 20.6 Å². The molecule has 0 unspecified atom stereocenters. The average Bonchev–Trinajstić information content (AvgIpc) is 2.67. The van der Waals surface area contributed by atoms with E-state index in [4.69, 9.17) is 15.3 Å². The van der Waals surface area contributed by atoms with Crippen LogP contribution in [0.15, 0.2) is 24.3 Å². The van der Waals surface area contributed by atoms with Crippen LogP contribution in [-0.2, 0) is 28.8 Å². The summed E-state index contributed by atoms with van der Waals surface area (Å²) in [5, 5.41) is 31.8. The van der Waals surface area contributed by atoms with Crippen molar-refractivity contribution in [2.45, 2.75) is 26.8 Å². The van der Waals surface area contributed by atoms with Gasteiger partial charge in [-0.25, -0.2) is 9.59 Å². The molecule has 1 aliphatic rings. The van der Waals surface area contributed by atoms with Crippen LogP contribution in [0.5, 0.6) is 0 Å². The van der Waals surface area contributed by atoms with Gasteiger partial charge in [-0.15, -0.1) is 0 Å². The SMILES string of the molecule is Cc1cc(C)c(NC(=O)/C=C\C(=O)O)c(C)c1.O=C(O)CN(CC(=O)O)C1C(=O)NC(=O)NC1=O. The molecule has 1 saturated heterocycles. The first kappa shape index (κ1) is 28.4. The third-order valence-electron chi connectivity index (χ3n) is 4.31. The number of hydrogen-bond acceptors (Lipinski definition) is 8. The molecule has 0 aliphatic carbocycles. The molecule has 1 aliphatic heterocycles. The number of barbiturate groups is 1. The molecule has 14 nitrogen and oxygen atoms in total. The summed E-state index contributed by atoms with van der Waals surface area (Å²) in [5.41, 5.74) is 3.77. The predicted octanol–water partition coefficient (Wildman–Crippen LogP) is -0.617. The Morgan fingerprint density at radius 3 is 1.74 bits per heavy atom. The zero-order chi connectivity index (χ0) is 26.9. The van der Waals surface area contributed by atoms with Crippen LogP contribution < -0.4 is 16.0 Å². The van der Waals surface area contributed by atoms with Gasteiger partial charge in [0.25, 0.3) is 11.8 Å². The van der Waals surface area contributed by atoms with E-state index in [1.165, 1.54) is 0 Å². The van der Waals surface area contributed by atoms with Crippen LogP contribution in [0, 0.1) is 20.8 Å². The highest BCUT2D eigenvalue weighted by molar-refractivity contribution is 6.19. The molecule has 188 valence electrons. The number of nitrogens with one attached hydrogen (secondary N) is 3. The number of carbonyl (C=O) groups excluding carboxylic acids is 4. The van der Waals surface area contributed by atoms with E-state index in [0.29, 0.717) is 4.90 Å². The molecule has 2 rings (SSSR count). The highest BCUT2D eigenvalue weighted by atomic mass is 16.4. The van der Waals surface area contributed by atoms with E-state index in [1.807, 2.05) is 32.9 Å². The van der Waals surface area contributed by atoms with Crippen LogP contribution in [0.4, 0.5) is 10.5 Å². The van der Waals surface area contributed by atoms with Crippen LogP contribution in [-0.4, -0.2) is 81.0 Å². The fourth-order valence-electron chi connectivity index (χ4n) is 3.12. The third-order valence-corrected chi connectivity index (χ3v) is 4.31. The minimum Gasteiger partial charge on any atom is -0.480 e. The van der Waals surface area contributed by atoms with Crippen LogP contribution in [0.3, 0.4) is 0 Å². The minimum atomic E-state index is -1.67. The normalized spacial score (nSPS) is 13.5. The number of hydrogen-bond donors (Lipinski definition) is 6. The molecule has 0 atom stereocenters.